The van der Waals surface area contributed by atoms with Crippen LogP contribution in [0.4, 0.5) is 10.5 Å². The summed E-state index contributed by atoms with van der Waals surface area (Å²) in [5, 5.41) is 7.67. The van der Waals surface area contributed by atoms with Crippen LogP contribution < -0.4 is 13.9 Å². The molecule has 30 heavy (non-hydrogen) atoms. The SMILES string of the molecule is CCP(=S)(Oc1ccccc1)N(SCNC(=O)O/N=C(\C)SC)c1ccc(Cl)cc1. The fourth-order valence-electron chi connectivity index (χ4n) is 2.11. The lowest BCUT2D eigenvalue weighted by Gasteiger charge is -2.34. The molecule has 1 N–H and O–H groups in total. The Morgan fingerprint density at radius 2 is 1.90 bits per heavy atom. The fourth-order valence-corrected chi connectivity index (χ4v) is 6.61. The van der Waals surface area contributed by atoms with Gasteiger partial charge in [0.15, 0.2) is 0 Å². The minimum atomic E-state index is -2.50. The van der Waals surface area contributed by atoms with Gasteiger partial charge in [0.1, 0.15) is 10.8 Å². The molecule has 0 saturated carbocycles. The van der Waals surface area contributed by atoms with Crippen molar-refractivity contribution < 1.29 is 14.2 Å². The number of hydrogen-bond acceptors (Lipinski definition) is 7. The number of oxime groups is 1. The largest absolute Gasteiger partial charge is 0.448 e. The first-order valence-electron chi connectivity index (χ1n) is 8.94. The van der Waals surface area contributed by atoms with E-state index < -0.39 is 12.5 Å². The van der Waals surface area contributed by atoms with Crippen LogP contribution >= 0.6 is 41.7 Å². The van der Waals surface area contributed by atoms with Gasteiger partial charge in [0.05, 0.1) is 11.6 Å². The molecule has 0 saturated heterocycles. The van der Waals surface area contributed by atoms with Crippen molar-refractivity contribution in [1.82, 2.24) is 5.32 Å². The summed E-state index contributed by atoms with van der Waals surface area (Å²) in [4.78, 5) is 16.7. The van der Waals surface area contributed by atoms with E-state index in [2.05, 4.69) is 10.5 Å². The number of para-hydroxylation sites is 1. The number of halogens is 1. The third kappa shape index (κ3) is 7.71. The zero-order valence-corrected chi connectivity index (χ0v) is 20.9. The standard InChI is InChI=1S/C19H23ClN3O3PS3/c1-4-27(28,26-18-8-6-5-7-9-18)23(17-12-10-16(20)11-13-17)30-14-21-19(24)25-22-15(2)29-3/h5-13H,4,14H2,1-3H3,(H,21,24)/b22-15+. The molecule has 0 radical (unpaired) electrons. The second-order valence-corrected chi connectivity index (χ2v) is 12.6. The Labute approximate surface area is 196 Å². The van der Waals surface area contributed by atoms with E-state index in [0.29, 0.717) is 22.0 Å². The van der Waals surface area contributed by atoms with E-state index in [1.807, 2.05) is 59.7 Å². The highest BCUT2D eigenvalue weighted by atomic mass is 35.5. The predicted octanol–water partition coefficient (Wildman–Crippen LogP) is 6.58. The van der Waals surface area contributed by atoms with Crippen LogP contribution in [-0.4, -0.2) is 29.4 Å². The van der Waals surface area contributed by atoms with Gasteiger partial charge in [-0.15, -0.1) is 11.8 Å². The number of hydrogen-bond donors (Lipinski definition) is 1. The highest BCUT2D eigenvalue weighted by molar-refractivity contribution is 8.21. The van der Waals surface area contributed by atoms with Crippen molar-refractivity contribution in [3.8, 4) is 5.75 Å². The number of nitrogens with one attached hydrogen (secondary N) is 1. The van der Waals surface area contributed by atoms with Gasteiger partial charge in [0.2, 0.25) is 6.42 Å². The average molecular weight is 504 g/mol. The van der Waals surface area contributed by atoms with Crippen molar-refractivity contribution in [2.75, 3.05) is 22.4 Å². The van der Waals surface area contributed by atoms with Crippen LogP contribution in [0, 0.1) is 0 Å². The van der Waals surface area contributed by atoms with E-state index in [0.717, 1.165) is 5.69 Å². The predicted molar refractivity (Wildman–Crippen MR) is 135 cm³/mol. The second kappa shape index (κ2) is 12.5. The first-order chi connectivity index (χ1) is 14.4. The van der Waals surface area contributed by atoms with Crippen LogP contribution in [0.25, 0.3) is 0 Å². The van der Waals surface area contributed by atoms with Crippen molar-refractivity contribution in [3.63, 3.8) is 0 Å². The summed E-state index contributed by atoms with van der Waals surface area (Å²) < 4.78 is 8.23. The summed E-state index contributed by atoms with van der Waals surface area (Å²) in [6.45, 7) is 3.75. The summed E-state index contributed by atoms with van der Waals surface area (Å²) in [7, 11) is 0. The van der Waals surface area contributed by atoms with Gasteiger partial charge in [-0.25, -0.2) is 4.79 Å². The number of rotatable bonds is 9. The van der Waals surface area contributed by atoms with E-state index in [1.165, 1.54) is 23.7 Å². The highest BCUT2D eigenvalue weighted by Gasteiger charge is 2.28. The Kier molecular flexibility index (Phi) is 10.3. The number of anilines is 1. The molecule has 0 aromatic heterocycles. The number of thioether (sulfide) groups is 1. The van der Waals surface area contributed by atoms with Gasteiger partial charge in [-0.2, -0.15) is 0 Å². The molecule has 1 atom stereocenters. The number of amides is 1. The van der Waals surface area contributed by atoms with Gasteiger partial charge < -0.3 is 9.84 Å². The molecule has 0 aliphatic rings. The molecule has 162 valence electrons. The van der Waals surface area contributed by atoms with E-state index in [9.17, 15) is 4.79 Å². The third-order valence-corrected chi connectivity index (χ3v) is 10.3. The normalized spacial score (nSPS) is 13.3. The zero-order chi connectivity index (χ0) is 22.0. The summed E-state index contributed by atoms with van der Waals surface area (Å²) in [6, 6.07) is 16.8. The van der Waals surface area contributed by atoms with Gasteiger partial charge in [-0.3, -0.25) is 8.91 Å². The van der Waals surface area contributed by atoms with Crippen LogP contribution in [-0.2, 0) is 16.6 Å². The first kappa shape index (κ1) is 24.9. The summed E-state index contributed by atoms with van der Waals surface area (Å²) in [6.07, 6.45) is -0.669. The molecule has 1 amide bonds. The lowest BCUT2D eigenvalue weighted by atomic mass is 10.3. The highest BCUT2D eigenvalue weighted by Crippen LogP contribution is 2.56. The number of carbonyl (C=O) groups excluding carboxylic acids is 1. The fraction of sp³-hybridized carbons (Fsp3) is 0.263. The molecule has 0 bridgehead atoms. The van der Waals surface area contributed by atoms with Gasteiger partial charge in [-0.1, -0.05) is 41.9 Å². The van der Waals surface area contributed by atoms with Crippen molar-refractivity contribution in [3.05, 3.63) is 59.6 Å². The van der Waals surface area contributed by atoms with E-state index in [-0.39, 0.29) is 5.88 Å². The van der Waals surface area contributed by atoms with Crippen molar-refractivity contribution in [1.29, 1.82) is 0 Å². The molecule has 0 aliphatic heterocycles. The summed E-state index contributed by atoms with van der Waals surface area (Å²) in [5.74, 6) is 0.933. The molecule has 11 heteroatoms. The van der Waals surface area contributed by atoms with Crippen LogP contribution in [0.2, 0.25) is 5.02 Å². The zero-order valence-electron chi connectivity index (χ0n) is 16.8. The maximum absolute atomic E-state index is 11.9. The Morgan fingerprint density at radius 3 is 2.50 bits per heavy atom. The van der Waals surface area contributed by atoms with Gasteiger partial charge >= 0.3 is 6.09 Å². The maximum Gasteiger partial charge on any atom is 0.434 e. The van der Waals surface area contributed by atoms with E-state index in [4.69, 9.17) is 32.8 Å². The third-order valence-electron chi connectivity index (χ3n) is 3.67. The van der Waals surface area contributed by atoms with Gasteiger partial charge in [-0.05, 0) is 73.3 Å². The Hall–Kier alpha value is -1.38. The minimum absolute atomic E-state index is 0.228. The average Bonchev–Trinajstić information content (AvgIpc) is 2.76. The molecule has 1 unspecified atom stereocenters. The van der Waals surface area contributed by atoms with E-state index >= 15 is 0 Å². The molecule has 0 aliphatic carbocycles. The smallest absolute Gasteiger partial charge is 0.434 e. The van der Waals surface area contributed by atoms with Gasteiger partial charge in [0, 0.05) is 11.2 Å². The lowest BCUT2D eigenvalue weighted by molar-refractivity contribution is 0.153. The lowest BCUT2D eigenvalue weighted by Crippen LogP contribution is -2.26. The van der Waals surface area contributed by atoms with Crippen LogP contribution in [0.1, 0.15) is 13.8 Å². The molecular weight excluding hydrogens is 481 g/mol. The quantitative estimate of drug-likeness (QED) is 0.0788. The molecule has 6 nitrogen and oxygen atoms in total. The summed E-state index contributed by atoms with van der Waals surface area (Å²) in [5.41, 5.74) is 0.844. The molecule has 2 aromatic rings. The van der Waals surface area contributed by atoms with Crippen molar-refractivity contribution in [2.24, 2.45) is 5.16 Å². The second-order valence-electron chi connectivity index (χ2n) is 5.75. The number of nitrogens with zero attached hydrogens (tertiary/aromatic N) is 2. The Morgan fingerprint density at radius 1 is 1.23 bits per heavy atom. The van der Waals surface area contributed by atoms with E-state index in [1.54, 1.807) is 19.1 Å². The van der Waals surface area contributed by atoms with Crippen LogP contribution in [0.5, 0.6) is 5.75 Å². The number of carbonyl (C=O) groups is 1. The molecule has 0 spiro atoms. The van der Waals surface area contributed by atoms with Crippen molar-refractivity contribution >= 4 is 70.4 Å². The minimum Gasteiger partial charge on any atom is -0.448 e. The Balaban J connectivity index is 2.16. The molecule has 2 aromatic carbocycles. The summed E-state index contributed by atoms with van der Waals surface area (Å²) >= 11 is 14.8. The maximum atomic E-state index is 11.9. The monoisotopic (exact) mass is 503 g/mol. The topological polar surface area (TPSA) is 63.2 Å². The first-order valence-corrected chi connectivity index (χ1v) is 14.3. The Bertz CT molecular complexity index is 901. The van der Waals surface area contributed by atoms with Crippen LogP contribution in [0.3, 0.4) is 0 Å². The van der Waals surface area contributed by atoms with Crippen LogP contribution in [0.15, 0.2) is 59.8 Å². The van der Waals surface area contributed by atoms with Crippen molar-refractivity contribution in [2.45, 2.75) is 13.8 Å². The molecule has 0 heterocycles. The molecule has 0 fully saturated rings. The molecular formula is C19H23ClN3O3PS3. The number of benzene rings is 2. The van der Waals surface area contributed by atoms with Gasteiger partial charge in [0.25, 0.3) is 0 Å². The molecule has 2 rings (SSSR count).